The molecule has 0 aliphatic carbocycles. The molecule has 2 rings (SSSR count). The minimum Gasteiger partial charge on any atom is -0.396 e. The van der Waals surface area contributed by atoms with Gasteiger partial charge in [0.2, 0.25) is 0 Å². The van der Waals surface area contributed by atoms with Crippen LogP contribution in [0, 0.1) is 0 Å². The average Bonchev–Trinajstić information content (AvgIpc) is 2.55. The van der Waals surface area contributed by atoms with Crippen LogP contribution in [0.25, 0.3) is 0 Å². The van der Waals surface area contributed by atoms with Crippen molar-refractivity contribution in [3.8, 4) is 0 Å². The van der Waals surface area contributed by atoms with E-state index in [4.69, 9.17) is 16.7 Å². The fraction of sp³-hybridized carbons (Fsp3) is 0.588. The lowest BCUT2D eigenvalue weighted by molar-refractivity contribution is 0.0700. The number of carbonyl (C=O) groups is 1. The number of aliphatic hydroxyl groups excluding tert-OH is 1. The number of amides is 1. The highest BCUT2D eigenvalue weighted by molar-refractivity contribution is 6.30. The summed E-state index contributed by atoms with van der Waals surface area (Å²) in [6, 6.07) is 7.87. The van der Waals surface area contributed by atoms with Gasteiger partial charge in [0, 0.05) is 42.4 Å². The lowest BCUT2D eigenvalue weighted by Crippen LogP contribution is -2.47. The number of carbonyl (C=O) groups excluding carboxylic acids is 1. The van der Waals surface area contributed by atoms with Gasteiger partial charge < -0.3 is 15.3 Å². The van der Waals surface area contributed by atoms with E-state index >= 15 is 0 Å². The molecule has 5 heteroatoms. The van der Waals surface area contributed by atoms with Gasteiger partial charge in [0.1, 0.15) is 0 Å². The zero-order valence-electron chi connectivity index (χ0n) is 13.1. The molecule has 122 valence electrons. The Morgan fingerprint density at radius 2 is 2.00 bits per heavy atom. The summed E-state index contributed by atoms with van der Waals surface area (Å²) in [5.41, 5.74) is 0.697. The van der Waals surface area contributed by atoms with Crippen LogP contribution in [0.1, 0.15) is 43.0 Å². The lowest BCUT2D eigenvalue weighted by atomic mass is 10.0. The summed E-state index contributed by atoms with van der Waals surface area (Å²) in [6.07, 6.45) is 3.73. The molecular weight excluding hydrogens is 300 g/mol. The number of benzene rings is 1. The zero-order valence-corrected chi connectivity index (χ0v) is 13.9. The first-order chi connectivity index (χ1) is 10.6. The second-order valence-electron chi connectivity index (χ2n) is 5.86. The molecule has 0 bridgehead atoms. The van der Waals surface area contributed by atoms with Gasteiger partial charge >= 0.3 is 0 Å². The molecule has 1 heterocycles. The van der Waals surface area contributed by atoms with Crippen LogP contribution >= 0.6 is 11.6 Å². The molecule has 22 heavy (non-hydrogen) atoms. The first kappa shape index (κ1) is 17.3. The van der Waals surface area contributed by atoms with Crippen molar-refractivity contribution in [2.24, 2.45) is 0 Å². The number of piperidine rings is 1. The number of nitrogens with one attached hydrogen (secondary N) is 1. The van der Waals surface area contributed by atoms with E-state index in [9.17, 15) is 4.79 Å². The van der Waals surface area contributed by atoms with Gasteiger partial charge in [0.05, 0.1) is 0 Å². The molecule has 1 atom stereocenters. The van der Waals surface area contributed by atoms with Gasteiger partial charge in [-0.3, -0.25) is 4.79 Å². The highest BCUT2D eigenvalue weighted by atomic mass is 35.5. The Morgan fingerprint density at radius 1 is 1.36 bits per heavy atom. The molecule has 1 aliphatic rings. The number of hydrogen-bond acceptors (Lipinski definition) is 3. The standard InChI is InChI=1S/C17H25ClN2O2/c1-2-15(9-12-21)19-16-7-10-20(11-8-16)17(22)13-3-5-14(18)6-4-13/h3-6,15-16,19,21H,2,7-12H2,1H3. The second-order valence-corrected chi connectivity index (χ2v) is 6.29. The Hall–Kier alpha value is -1.10. The molecular formula is C17H25ClN2O2. The van der Waals surface area contributed by atoms with Crippen molar-refractivity contribution >= 4 is 17.5 Å². The summed E-state index contributed by atoms with van der Waals surface area (Å²) in [5.74, 6) is 0.0810. The van der Waals surface area contributed by atoms with Crippen molar-refractivity contribution in [3.63, 3.8) is 0 Å². The average molecular weight is 325 g/mol. The van der Waals surface area contributed by atoms with Gasteiger partial charge in [-0.2, -0.15) is 0 Å². The lowest BCUT2D eigenvalue weighted by Gasteiger charge is -2.34. The summed E-state index contributed by atoms with van der Waals surface area (Å²) in [5, 5.41) is 13.3. The van der Waals surface area contributed by atoms with Gasteiger partial charge in [0.15, 0.2) is 0 Å². The molecule has 0 radical (unpaired) electrons. The summed E-state index contributed by atoms with van der Waals surface area (Å²) in [4.78, 5) is 14.3. The quantitative estimate of drug-likeness (QED) is 0.846. The molecule has 1 aromatic rings. The number of hydrogen-bond donors (Lipinski definition) is 2. The molecule has 4 nitrogen and oxygen atoms in total. The first-order valence-corrected chi connectivity index (χ1v) is 8.43. The van der Waals surface area contributed by atoms with Crippen LogP contribution in [-0.2, 0) is 0 Å². The Morgan fingerprint density at radius 3 is 2.55 bits per heavy atom. The molecule has 0 spiro atoms. The number of rotatable bonds is 6. The molecule has 1 aromatic carbocycles. The van der Waals surface area contributed by atoms with Gasteiger partial charge in [-0.1, -0.05) is 18.5 Å². The van der Waals surface area contributed by atoms with Crippen molar-refractivity contribution in [1.29, 1.82) is 0 Å². The Bertz CT molecular complexity index is 470. The van der Waals surface area contributed by atoms with Crippen LogP contribution in [0.4, 0.5) is 0 Å². The summed E-state index contributed by atoms with van der Waals surface area (Å²) in [6.45, 7) is 3.90. The molecule has 1 fully saturated rings. The van der Waals surface area contributed by atoms with E-state index in [-0.39, 0.29) is 12.5 Å². The monoisotopic (exact) mass is 324 g/mol. The van der Waals surface area contributed by atoms with Gasteiger partial charge in [-0.05, 0) is 49.9 Å². The number of likely N-dealkylation sites (tertiary alicyclic amines) is 1. The number of nitrogens with zero attached hydrogens (tertiary/aromatic N) is 1. The van der Waals surface area contributed by atoms with Gasteiger partial charge in [0.25, 0.3) is 5.91 Å². The van der Waals surface area contributed by atoms with Crippen molar-refractivity contribution in [2.45, 2.75) is 44.7 Å². The van der Waals surface area contributed by atoms with E-state index in [0.717, 1.165) is 38.8 Å². The smallest absolute Gasteiger partial charge is 0.253 e. The predicted octanol–water partition coefficient (Wildman–Crippen LogP) is 2.70. The maximum Gasteiger partial charge on any atom is 0.253 e. The predicted molar refractivity (Wildman–Crippen MR) is 89.3 cm³/mol. The SMILES string of the molecule is CCC(CCO)NC1CCN(C(=O)c2ccc(Cl)cc2)CC1. The van der Waals surface area contributed by atoms with Gasteiger partial charge in [-0.15, -0.1) is 0 Å². The minimum absolute atomic E-state index is 0.0810. The summed E-state index contributed by atoms with van der Waals surface area (Å²) in [7, 11) is 0. The van der Waals surface area contributed by atoms with Crippen molar-refractivity contribution in [2.75, 3.05) is 19.7 Å². The molecule has 1 aliphatic heterocycles. The third-order valence-electron chi connectivity index (χ3n) is 4.32. The fourth-order valence-corrected chi connectivity index (χ4v) is 3.04. The van der Waals surface area contributed by atoms with E-state index in [1.165, 1.54) is 0 Å². The Labute approximate surface area is 137 Å². The zero-order chi connectivity index (χ0) is 15.9. The highest BCUT2D eigenvalue weighted by Crippen LogP contribution is 2.17. The molecule has 0 aromatic heterocycles. The third kappa shape index (κ3) is 4.70. The van der Waals surface area contributed by atoms with Crippen LogP contribution in [0.2, 0.25) is 5.02 Å². The summed E-state index contributed by atoms with van der Waals surface area (Å²) >= 11 is 5.86. The molecule has 2 N–H and O–H groups in total. The Kier molecular flexibility index (Phi) is 6.68. The fourth-order valence-electron chi connectivity index (χ4n) is 2.92. The van der Waals surface area contributed by atoms with E-state index in [2.05, 4.69) is 12.2 Å². The van der Waals surface area contributed by atoms with Gasteiger partial charge in [-0.25, -0.2) is 0 Å². The van der Waals surface area contributed by atoms with Crippen LogP contribution < -0.4 is 5.32 Å². The van der Waals surface area contributed by atoms with Crippen LogP contribution in [0.3, 0.4) is 0 Å². The number of aliphatic hydroxyl groups is 1. The van der Waals surface area contributed by atoms with Crippen LogP contribution in [0.5, 0.6) is 0 Å². The van der Waals surface area contributed by atoms with E-state index in [1.54, 1.807) is 24.3 Å². The largest absolute Gasteiger partial charge is 0.396 e. The molecule has 1 unspecified atom stereocenters. The van der Waals surface area contributed by atoms with E-state index in [0.29, 0.717) is 22.7 Å². The summed E-state index contributed by atoms with van der Waals surface area (Å²) < 4.78 is 0. The highest BCUT2D eigenvalue weighted by Gasteiger charge is 2.24. The first-order valence-electron chi connectivity index (χ1n) is 8.05. The minimum atomic E-state index is 0.0810. The topological polar surface area (TPSA) is 52.6 Å². The van der Waals surface area contributed by atoms with Crippen molar-refractivity contribution in [1.82, 2.24) is 10.2 Å². The maximum absolute atomic E-state index is 12.4. The van der Waals surface area contributed by atoms with Crippen molar-refractivity contribution in [3.05, 3.63) is 34.9 Å². The molecule has 1 amide bonds. The van der Waals surface area contributed by atoms with Crippen molar-refractivity contribution < 1.29 is 9.90 Å². The second kappa shape index (κ2) is 8.51. The normalized spacial score (nSPS) is 17.5. The maximum atomic E-state index is 12.4. The third-order valence-corrected chi connectivity index (χ3v) is 4.57. The van der Waals surface area contributed by atoms with E-state index in [1.807, 2.05) is 4.90 Å². The van der Waals surface area contributed by atoms with Crippen LogP contribution in [-0.4, -0.2) is 47.7 Å². The Balaban J connectivity index is 1.83. The van der Waals surface area contributed by atoms with E-state index < -0.39 is 0 Å². The van der Waals surface area contributed by atoms with Crippen LogP contribution in [0.15, 0.2) is 24.3 Å². The molecule has 0 saturated carbocycles. The number of halogens is 1. The molecule has 1 saturated heterocycles.